The number of hydrogen-bond acceptors (Lipinski definition) is 4. The van der Waals surface area contributed by atoms with E-state index in [4.69, 9.17) is 9.47 Å². The number of ether oxygens (including phenoxy) is 2. The number of carbonyl (C=O) groups excluding carboxylic acids is 2. The number of para-hydroxylation sites is 1. The first-order valence-corrected chi connectivity index (χ1v) is 9.59. The van der Waals surface area contributed by atoms with Crippen LogP contribution in [-0.4, -0.2) is 32.1 Å². The first kappa shape index (κ1) is 20.9. The second kappa shape index (κ2) is 10.1. The van der Waals surface area contributed by atoms with Gasteiger partial charge >= 0.3 is 0 Å². The molecule has 3 aromatic rings. The summed E-state index contributed by atoms with van der Waals surface area (Å²) < 4.78 is 10.7. The van der Waals surface area contributed by atoms with Gasteiger partial charge in [0.2, 0.25) is 0 Å². The van der Waals surface area contributed by atoms with Crippen molar-refractivity contribution in [1.29, 1.82) is 0 Å². The Kier molecular flexibility index (Phi) is 7.05. The van der Waals surface area contributed by atoms with Crippen molar-refractivity contribution in [3.63, 3.8) is 0 Å². The Bertz CT molecular complexity index is 998. The lowest BCUT2D eigenvalue weighted by Crippen LogP contribution is -2.29. The maximum atomic E-state index is 12.6. The number of rotatable bonds is 8. The zero-order valence-electron chi connectivity index (χ0n) is 17.0. The van der Waals surface area contributed by atoms with Crippen molar-refractivity contribution < 1.29 is 19.1 Å². The minimum Gasteiger partial charge on any atom is -0.497 e. The Labute approximate surface area is 175 Å². The number of benzene rings is 3. The number of hydrogen-bond donors (Lipinski definition) is 2. The molecule has 3 aromatic carbocycles. The summed E-state index contributed by atoms with van der Waals surface area (Å²) in [5.41, 5.74) is 2.45. The number of aryl methyl sites for hydroxylation is 1. The summed E-state index contributed by atoms with van der Waals surface area (Å²) in [5.74, 6) is 0.829. The molecule has 0 aliphatic heterocycles. The normalized spacial score (nSPS) is 10.2. The van der Waals surface area contributed by atoms with Gasteiger partial charge in [0, 0.05) is 5.56 Å². The Morgan fingerprint density at radius 1 is 0.833 bits per heavy atom. The van der Waals surface area contributed by atoms with Crippen LogP contribution in [0.1, 0.15) is 26.3 Å². The summed E-state index contributed by atoms with van der Waals surface area (Å²) in [5, 5.41) is 5.61. The van der Waals surface area contributed by atoms with Gasteiger partial charge in [0.15, 0.2) is 0 Å². The zero-order chi connectivity index (χ0) is 21.3. The molecular formula is C24H24N2O4. The maximum Gasteiger partial charge on any atom is 0.255 e. The van der Waals surface area contributed by atoms with Gasteiger partial charge in [-0.2, -0.15) is 0 Å². The average molecular weight is 404 g/mol. The number of amides is 2. The molecule has 2 amide bonds. The molecule has 3 rings (SSSR count). The first-order valence-electron chi connectivity index (χ1n) is 9.59. The molecule has 0 saturated carbocycles. The van der Waals surface area contributed by atoms with Gasteiger partial charge in [0.1, 0.15) is 18.1 Å². The van der Waals surface area contributed by atoms with Crippen molar-refractivity contribution in [2.45, 2.75) is 6.92 Å². The summed E-state index contributed by atoms with van der Waals surface area (Å²) in [6, 6.07) is 21.3. The van der Waals surface area contributed by atoms with Gasteiger partial charge in [-0.05, 0) is 55.5 Å². The molecule has 0 bridgehead atoms. The zero-order valence-corrected chi connectivity index (χ0v) is 17.0. The Hall–Kier alpha value is -3.80. The van der Waals surface area contributed by atoms with Crippen LogP contribution in [0.3, 0.4) is 0 Å². The fourth-order valence-electron chi connectivity index (χ4n) is 2.79. The molecule has 0 aliphatic rings. The van der Waals surface area contributed by atoms with Crippen LogP contribution in [0.15, 0.2) is 72.8 Å². The highest BCUT2D eigenvalue weighted by molar-refractivity contribution is 6.09. The van der Waals surface area contributed by atoms with E-state index in [0.717, 1.165) is 11.3 Å². The number of anilines is 1. The molecule has 154 valence electrons. The van der Waals surface area contributed by atoms with E-state index in [9.17, 15) is 9.59 Å². The number of methoxy groups -OCH3 is 1. The third kappa shape index (κ3) is 5.61. The minimum atomic E-state index is -0.305. The third-order valence-electron chi connectivity index (χ3n) is 4.45. The lowest BCUT2D eigenvalue weighted by Gasteiger charge is -2.12. The lowest BCUT2D eigenvalue weighted by molar-refractivity contribution is 0.0948. The van der Waals surface area contributed by atoms with Crippen LogP contribution in [-0.2, 0) is 0 Å². The molecule has 0 radical (unpaired) electrons. The molecule has 0 saturated heterocycles. The highest BCUT2D eigenvalue weighted by atomic mass is 16.5. The van der Waals surface area contributed by atoms with Gasteiger partial charge < -0.3 is 20.1 Å². The van der Waals surface area contributed by atoms with E-state index in [0.29, 0.717) is 35.7 Å². The van der Waals surface area contributed by atoms with Crippen LogP contribution in [0, 0.1) is 6.92 Å². The van der Waals surface area contributed by atoms with E-state index in [1.807, 2.05) is 31.2 Å². The van der Waals surface area contributed by atoms with E-state index in [2.05, 4.69) is 10.6 Å². The second-order valence-electron chi connectivity index (χ2n) is 6.65. The third-order valence-corrected chi connectivity index (χ3v) is 4.45. The van der Waals surface area contributed by atoms with E-state index in [1.165, 1.54) is 0 Å². The molecular weight excluding hydrogens is 380 g/mol. The van der Waals surface area contributed by atoms with Crippen molar-refractivity contribution in [3.8, 4) is 11.5 Å². The van der Waals surface area contributed by atoms with Crippen LogP contribution >= 0.6 is 0 Å². The smallest absolute Gasteiger partial charge is 0.255 e. The van der Waals surface area contributed by atoms with Crippen molar-refractivity contribution in [2.75, 3.05) is 25.6 Å². The summed E-state index contributed by atoms with van der Waals surface area (Å²) in [7, 11) is 1.57. The molecule has 0 spiro atoms. The van der Waals surface area contributed by atoms with Gasteiger partial charge in [-0.3, -0.25) is 9.59 Å². The maximum absolute atomic E-state index is 12.6. The molecule has 0 atom stereocenters. The van der Waals surface area contributed by atoms with Crippen molar-refractivity contribution >= 4 is 17.5 Å². The van der Waals surface area contributed by atoms with E-state index in [-0.39, 0.29) is 11.8 Å². The summed E-state index contributed by atoms with van der Waals surface area (Å²) >= 11 is 0. The predicted molar refractivity (Wildman–Crippen MR) is 116 cm³/mol. The van der Waals surface area contributed by atoms with Crippen LogP contribution < -0.4 is 20.1 Å². The van der Waals surface area contributed by atoms with Crippen LogP contribution in [0.2, 0.25) is 0 Å². The number of carbonyl (C=O) groups is 2. The van der Waals surface area contributed by atoms with Gasteiger partial charge in [0.25, 0.3) is 11.8 Å². The molecule has 0 heterocycles. The average Bonchev–Trinajstić information content (AvgIpc) is 2.78. The van der Waals surface area contributed by atoms with Gasteiger partial charge in [0.05, 0.1) is 24.9 Å². The highest BCUT2D eigenvalue weighted by Crippen LogP contribution is 2.18. The second-order valence-corrected chi connectivity index (χ2v) is 6.65. The van der Waals surface area contributed by atoms with Crippen molar-refractivity contribution in [1.82, 2.24) is 5.32 Å². The first-order chi connectivity index (χ1) is 14.6. The van der Waals surface area contributed by atoms with Crippen molar-refractivity contribution in [3.05, 3.63) is 89.5 Å². The molecule has 0 fully saturated rings. The highest BCUT2D eigenvalue weighted by Gasteiger charge is 2.14. The van der Waals surface area contributed by atoms with Gasteiger partial charge in [-0.1, -0.05) is 29.8 Å². The van der Waals surface area contributed by atoms with Crippen molar-refractivity contribution in [2.24, 2.45) is 0 Å². The van der Waals surface area contributed by atoms with E-state index in [1.54, 1.807) is 55.6 Å². The Morgan fingerprint density at radius 3 is 2.20 bits per heavy atom. The fraction of sp³-hybridized carbons (Fsp3) is 0.167. The topological polar surface area (TPSA) is 76.7 Å². The molecule has 0 aliphatic carbocycles. The lowest BCUT2D eigenvalue weighted by atomic mass is 10.1. The summed E-state index contributed by atoms with van der Waals surface area (Å²) in [6.07, 6.45) is 0. The van der Waals surface area contributed by atoms with E-state index < -0.39 is 0 Å². The summed E-state index contributed by atoms with van der Waals surface area (Å²) in [4.78, 5) is 25.1. The molecule has 2 N–H and O–H groups in total. The molecule has 0 unspecified atom stereocenters. The monoisotopic (exact) mass is 404 g/mol. The predicted octanol–water partition coefficient (Wildman–Crippen LogP) is 4.06. The molecule has 0 aromatic heterocycles. The van der Waals surface area contributed by atoms with Gasteiger partial charge in [-0.15, -0.1) is 0 Å². The van der Waals surface area contributed by atoms with E-state index >= 15 is 0 Å². The van der Waals surface area contributed by atoms with Crippen LogP contribution in [0.4, 0.5) is 5.69 Å². The van der Waals surface area contributed by atoms with Crippen LogP contribution in [0.5, 0.6) is 11.5 Å². The number of nitrogens with one attached hydrogen (secondary N) is 2. The Balaban J connectivity index is 1.57. The molecule has 30 heavy (non-hydrogen) atoms. The molecule has 6 heteroatoms. The SMILES string of the molecule is COc1ccc(C(=O)Nc2ccccc2C(=O)NCCOc2ccc(C)cc2)cc1. The standard InChI is InChI=1S/C24H24N2O4/c1-17-7-11-20(12-8-17)30-16-15-25-24(28)21-5-3-4-6-22(21)26-23(27)18-9-13-19(29-2)14-10-18/h3-14H,15-16H2,1-2H3,(H,25,28)(H,26,27). The van der Waals surface area contributed by atoms with Gasteiger partial charge in [-0.25, -0.2) is 0 Å². The fourth-order valence-corrected chi connectivity index (χ4v) is 2.79. The Morgan fingerprint density at radius 2 is 1.50 bits per heavy atom. The molecule has 6 nitrogen and oxygen atoms in total. The summed E-state index contributed by atoms with van der Waals surface area (Å²) in [6.45, 7) is 2.69. The minimum absolute atomic E-state index is 0.284. The largest absolute Gasteiger partial charge is 0.497 e. The quantitative estimate of drug-likeness (QED) is 0.555. The van der Waals surface area contributed by atoms with Crippen LogP contribution in [0.25, 0.3) is 0 Å².